The number of hydrogen-bond donors (Lipinski definition) is 3. The van der Waals surface area contributed by atoms with Crippen LogP contribution in [0.25, 0.3) is 0 Å². The van der Waals surface area contributed by atoms with Crippen LogP contribution < -0.4 is 15.8 Å². The molecule has 1 aliphatic heterocycles. The molecule has 2 fully saturated rings. The van der Waals surface area contributed by atoms with E-state index in [0.29, 0.717) is 25.0 Å². The van der Waals surface area contributed by atoms with E-state index in [1.54, 1.807) is 12.1 Å². The van der Waals surface area contributed by atoms with Gasteiger partial charge in [-0.15, -0.1) is 24.0 Å². The molecule has 31 heavy (non-hydrogen) atoms. The van der Waals surface area contributed by atoms with E-state index in [1.807, 2.05) is 11.8 Å². The standard InChI is InChI=1S/C21H33N5O3S.HI/c1-2-23-21(24-14-16-8-10-19(11-9-16)30(22,28)29)25-18-12-13-26(15-18)20(27)17-6-4-3-5-7-17;/h8-11,17-18H,2-7,12-15H2,1H3,(H2,22,28,29)(H2,23,24,25);1H. The number of amides is 1. The quantitative estimate of drug-likeness (QED) is 0.279. The number of carbonyl (C=O) groups excluding carboxylic acids is 1. The lowest BCUT2D eigenvalue weighted by Gasteiger charge is -2.26. The van der Waals surface area contributed by atoms with Crippen molar-refractivity contribution in [3.63, 3.8) is 0 Å². The van der Waals surface area contributed by atoms with Crippen LogP contribution in [-0.2, 0) is 21.4 Å². The van der Waals surface area contributed by atoms with Crippen LogP contribution >= 0.6 is 24.0 Å². The van der Waals surface area contributed by atoms with Crippen molar-refractivity contribution in [1.29, 1.82) is 0 Å². The summed E-state index contributed by atoms with van der Waals surface area (Å²) in [4.78, 5) is 19.5. The van der Waals surface area contributed by atoms with Crippen molar-refractivity contribution in [3.05, 3.63) is 29.8 Å². The molecule has 0 spiro atoms. The van der Waals surface area contributed by atoms with E-state index in [4.69, 9.17) is 5.14 Å². The van der Waals surface area contributed by atoms with Gasteiger partial charge in [0.05, 0.1) is 11.4 Å². The lowest BCUT2D eigenvalue weighted by molar-refractivity contribution is -0.135. The maximum absolute atomic E-state index is 12.8. The molecule has 174 valence electrons. The number of nitrogens with two attached hydrogens (primary N) is 1. The number of sulfonamides is 1. The number of hydrogen-bond acceptors (Lipinski definition) is 4. The first-order valence-electron chi connectivity index (χ1n) is 10.8. The Labute approximate surface area is 202 Å². The maximum Gasteiger partial charge on any atom is 0.238 e. The molecule has 1 unspecified atom stereocenters. The zero-order valence-electron chi connectivity index (χ0n) is 18.0. The SMILES string of the molecule is CCNC(=NCc1ccc(S(N)(=O)=O)cc1)NC1CCN(C(=O)C2CCCCC2)C1.I. The van der Waals surface area contributed by atoms with Gasteiger partial charge in [0.2, 0.25) is 15.9 Å². The van der Waals surface area contributed by atoms with Crippen LogP contribution in [0.3, 0.4) is 0 Å². The summed E-state index contributed by atoms with van der Waals surface area (Å²) in [6.45, 7) is 4.65. The molecule has 1 heterocycles. The second-order valence-electron chi connectivity index (χ2n) is 8.13. The number of guanidine groups is 1. The molecule has 1 amide bonds. The molecule has 3 rings (SSSR count). The summed E-state index contributed by atoms with van der Waals surface area (Å²) in [5.41, 5.74) is 0.889. The van der Waals surface area contributed by atoms with E-state index in [-0.39, 0.29) is 40.8 Å². The van der Waals surface area contributed by atoms with Crippen LogP contribution in [0.1, 0.15) is 51.0 Å². The van der Waals surface area contributed by atoms with E-state index >= 15 is 0 Å². The van der Waals surface area contributed by atoms with Crippen molar-refractivity contribution >= 4 is 45.9 Å². The van der Waals surface area contributed by atoms with Gasteiger partial charge in [-0.05, 0) is 43.9 Å². The average Bonchev–Trinajstić information content (AvgIpc) is 3.20. The number of aliphatic imine (C=N–C) groups is 1. The molecule has 0 radical (unpaired) electrons. The van der Waals surface area contributed by atoms with Crippen LogP contribution in [0.4, 0.5) is 0 Å². The number of likely N-dealkylation sites (tertiary alicyclic amines) is 1. The van der Waals surface area contributed by atoms with Crippen LogP contribution in [0.15, 0.2) is 34.2 Å². The predicted molar refractivity (Wildman–Crippen MR) is 133 cm³/mol. The van der Waals surface area contributed by atoms with Crippen molar-refractivity contribution in [2.24, 2.45) is 16.0 Å². The van der Waals surface area contributed by atoms with Crippen molar-refractivity contribution in [3.8, 4) is 0 Å². The zero-order valence-corrected chi connectivity index (χ0v) is 21.2. The lowest BCUT2D eigenvalue weighted by atomic mass is 9.88. The molecule has 1 saturated carbocycles. The first-order valence-corrected chi connectivity index (χ1v) is 12.4. The minimum atomic E-state index is -3.69. The van der Waals surface area contributed by atoms with E-state index in [2.05, 4.69) is 15.6 Å². The van der Waals surface area contributed by atoms with E-state index in [0.717, 1.165) is 37.9 Å². The summed E-state index contributed by atoms with van der Waals surface area (Å²) in [6.07, 6.45) is 6.55. The topological polar surface area (TPSA) is 117 Å². The molecule has 10 heteroatoms. The summed E-state index contributed by atoms with van der Waals surface area (Å²) in [5.74, 6) is 1.22. The van der Waals surface area contributed by atoms with E-state index in [1.165, 1.54) is 31.4 Å². The van der Waals surface area contributed by atoms with Gasteiger partial charge in [0.15, 0.2) is 5.96 Å². The fourth-order valence-corrected chi connectivity index (χ4v) is 4.67. The van der Waals surface area contributed by atoms with Crippen molar-refractivity contribution in [2.45, 2.75) is 62.9 Å². The smallest absolute Gasteiger partial charge is 0.238 e. The molecule has 0 bridgehead atoms. The highest BCUT2D eigenvalue weighted by atomic mass is 127. The number of nitrogens with one attached hydrogen (secondary N) is 2. The highest BCUT2D eigenvalue weighted by Gasteiger charge is 2.31. The van der Waals surface area contributed by atoms with E-state index < -0.39 is 10.0 Å². The molecule has 1 atom stereocenters. The van der Waals surface area contributed by atoms with Crippen molar-refractivity contribution in [2.75, 3.05) is 19.6 Å². The number of rotatable bonds is 6. The van der Waals surface area contributed by atoms with Crippen LogP contribution in [0.2, 0.25) is 0 Å². The Morgan fingerprint density at radius 1 is 1.16 bits per heavy atom. The summed E-state index contributed by atoms with van der Waals surface area (Å²) in [5, 5.41) is 11.8. The maximum atomic E-state index is 12.8. The number of benzene rings is 1. The number of nitrogens with zero attached hydrogens (tertiary/aromatic N) is 2. The largest absolute Gasteiger partial charge is 0.357 e. The fourth-order valence-electron chi connectivity index (χ4n) is 4.15. The van der Waals surface area contributed by atoms with Crippen molar-refractivity contribution < 1.29 is 13.2 Å². The Morgan fingerprint density at radius 3 is 2.45 bits per heavy atom. The van der Waals surface area contributed by atoms with E-state index in [9.17, 15) is 13.2 Å². The molecular weight excluding hydrogens is 529 g/mol. The monoisotopic (exact) mass is 563 g/mol. The van der Waals surface area contributed by atoms with Gasteiger partial charge in [-0.2, -0.15) is 0 Å². The molecule has 1 aliphatic carbocycles. The second-order valence-corrected chi connectivity index (χ2v) is 9.69. The zero-order chi connectivity index (χ0) is 21.6. The number of halogens is 1. The van der Waals surface area contributed by atoms with Gasteiger partial charge in [0.25, 0.3) is 0 Å². The first kappa shape index (κ1) is 25.9. The van der Waals surface area contributed by atoms with Crippen molar-refractivity contribution in [1.82, 2.24) is 15.5 Å². The summed E-state index contributed by atoms with van der Waals surface area (Å²) in [7, 11) is -3.69. The average molecular weight is 564 g/mol. The summed E-state index contributed by atoms with van der Waals surface area (Å²) >= 11 is 0. The molecule has 0 aromatic heterocycles. The van der Waals surface area contributed by atoms with Crippen LogP contribution in [0.5, 0.6) is 0 Å². The molecule has 2 aliphatic rings. The Bertz CT molecular complexity index is 854. The van der Waals surface area contributed by atoms with Gasteiger partial charge in [-0.25, -0.2) is 18.5 Å². The Balaban J connectivity index is 0.00000341. The molecular formula is C21H34IN5O3S. The molecule has 8 nitrogen and oxygen atoms in total. The van der Waals surface area contributed by atoms with Gasteiger partial charge in [0, 0.05) is 31.6 Å². The second kappa shape index (κ2) is 12.0. The van der Waals surface area contributed by atoms with Gasteiger partial charge < -0.3 is 15.5 Å². The third-order valence-electron chi connectivity index (χ3n) is 5.81. The van der Waals surface area contributed by atoms with Gasteiger partial charge in [-0.3, -0.25) is 4.79 Å². The minimum Gasteiger partial charge on any atom is -0.357 e. The molecule has 4 N–H and O–H groups in total. The Kier molecular flexibility index (Phi) is 10.0. The highest BCUT2D eigenvalue weighted by molar-refractivity contribution is 14.0. The normalized spacial score (nSPS) is 20.3. The van der Waals surface area contributed by atoms with Gasteiger partial charge >= 0.3 is 0 Å². The summed E-state index contributed by atoms with van der Waals surface area (Å²) in [6, 6.07) is 6.60. The van der Waals surface area contributed by atoms with Crippen LogP contribution in [0, 0.1) is 5.92 Å². The molecule has 1 saturated heterocycles. The fraction of sp³-hybridized carbons (Fsp3) is 0.619. The number of carbonyl (C=O) groups is 1. The highest BCUT2D eigenvalue weighted by Crippen LogP contribution is 2.26. The summed E-state index contributed by atoms with van der Waals surface area (Å²) < 4.78 is 22.7. The molecule has 1 aromatic carbocycles. The van der Waals surface area contributed by atoms with Gasteiger partial charge in [0.1, 0.15) is 0 Å². The third-order valence-corrected chi connectivity index (χ3v) is 6.74. The minimum absolute atomic E-state index is 0. The predicted octanol–water partition coefficient (Wildman–Crippen LogP) is 2.19. The van der Waals surface area contributed by atoms with Crippen LogP contribution in [-0.4, -0.2) is 50.9 Å². The first-order chi connectivity index (χ1) is 14.4. The third kappa shape index (κ3) is 7.60. The molecule has 1 aromatic rings. The Morgan fingerprint density at radius 2 is 1.84 bits per heavy atom. The number of primary sulfonamides is 1. The Hall–Kier alpha value is -1.40. The lowest BCUT2D eigenvalue weighted by Crippen LogP contribution is -2.45. The van der Waals surface area contributed by atoms with Gasteiger partial charge in [-0.1, -0.05) is 31.4 Å².